The van der Waals surface area contributed by atoms with Crippen molar-refractivity contribution in [3.05, 3.63) is 12.7 Å². The monoisotopic (exact) mass is 138 g/mol. The molecule has 0 aliphatic carbocycles. The highest BCUT2D eigenvalue weighted by Gasteiger charge is 2.10. The van der Waals surface area contributed by atoms with Crippen LogP contribution in [0.25, 0.3) is 0 Å². The van der Waals surface area contributed by atoms with Gasteiger partial charge in [-0.3, -0.25) is 0 Å². The smallest absolute Gasteiger partial charge is 0.0591 e. The van der Waals surface area contributed by atoms with E-state index < -0.39 is 0 Å². The van der Waals surface area contributed by atoms with Crippen LogP contribution < -0.4 is 0 Å². The van der Waals surface area contributed by atoms with Gasteiger partial charge < -0.3 is 5.11 Å². The van der Waals surface area contributed by atoms with Gasteiger partial charge in [-0.25, -0.2) is 0 Å². The average molecular weight is 138 g/mol. The maximum atomic E-state index is 8.77. The summed E-state index contributed by atoms with van der Waals surface area (Å²) in [6.45, 7) is 7.46. The lowest BCUT2D eigenvalue weighted by atomic mass is 9.96. The molecule has 0 aliphatic rings. The molecule has 0 spiro atoms. The van der Waals surface area contributed by atoms with Gasteiger partial charge in [0.05, 0.1) is 6.61 Å². The molecule has 0 saturated carbocycles. The lowest BCUT2D eigenvalue weighted by molar-refractivity contribution is 0.206. The van der Waals surface area contributed by atoms with E-state index >= 15 is 0 Å². The average Bonchev–Trinajstić information content (AvgIpc) is 1.89. The van der Waals surface area contributed by atoms with E-state index in [9.17, 15) is 0 Å². The van der Waals surface area contributed by atoms with E-state index in [0.717, 1.165) is 0 Å². The third-order valence-electron chi connectivity index (χ3n) is 1.07. The van der Waals surface area contributed by atoms with Crippen molar-refractivity contribution < 1.29 is 5.11 Å². The summed E-state index contributed by atoms with van der Waals surface area (Å²) < 4.78 is 0. The molecule has 0 saturated heterocycles. The lowest BCUT2D eigenvalue weighted by Crippen LogP contribution is -2.13. The number of hydrogen-bond acceptors (Lipinski definition) is 1. The van der Waals surface area contributed by atoms with Gasteiger partial charge in [0.25, 0.3) is 0 Å². The van der Waals surface area contributed by atoms with Crippen molar-refractivity contribution in [2.24, 2.45) is 5.41 Å². The maximum Gasteiger partial charge on any atom is 0.0591 e. The first-order chi connectivity index (χ1) is 4.62. The van der Waals surface area contributed by atoms with E-state index in [2.05, 4.69) is 18.4 Å². The summed E-state index contributed by atoms with van der Waals surface area (Å²) in [5, 5.41) is 8.77. The minimum absolute atomic E-state index is 0.108. The maximum absolute atomic E-state index is 8.77. The Morgan fingerprint density at radius 1 is 1.60 bits per heavy atom. The molecule has 0 atom stereocenters. The Balaban J connectivity index is 3.88. The number of aliphatic hydroxyl groups is 1. The topological polar surface area (TPSA) is 20.2 Å². The summed E-state index contributed by atoms with van der Waals surface area (Å²) in [7, 11) is 0. The second-order valence-corrected chi connectivity index (χ2v) is 2.84. The third-order valence-corrected chi connectivity index (χ3v) is 1.07. The summed E-state index contributed by atoms with van der Waals surface area (Å²) in [6.07, 6.45) is 2.45. The first kappa shape index (κ1) is 9.26. The van der Waals surface area contributed by atoms with Crippen molar-refractivity contribution in [3.63, 3.8) is 0 Å². The van der Waals surface area contributed by atoms with Gasteiger partial charge in [0.15, 0.2) is 0 Å². The molecule has 0 aromatic rings. The van der Waals surface area contributed by atoms with Crippen molar-refractivity contribution in [1.29, 1.82) is 0 Å². The van der Waals surface area contributed by atoms with Gasteiger partial charge in [0.1, 0.15) is 0 Å². The van der Waals surface area contributed by atoms with E-state index in [1.807, 2.05) is 13.8 Å². The van der Waals surface area contributed by atoms with Crippen LogP contribution in [0.3, 0.4) is 0 Å². The Labute approximate surface area is 62.8 Å². The number of hydrogen-bond donors (Lipinski definition) is 1. The second kappa shape index (κ2) is 4.14. The highest BCUT2D eigenvalue weighted by Crippen LogP contribution is 2.10. The summed E-state index contributed by atoms with van der Waals surface area (Å²) in [4.78, 5) is 0. The lowest BCUT2D eigenvalue weighted by Gasteiger charge is -2.11. The largest absolute Gasteiger partial charge is 0.395 e. The van der Waals surface area contributed by atoms with Crippen molar-refractivity contribution >= 4 is 0 Å². The predicted molar refractivity (Wildman–Crippen MR) is 43.5 cm³/mol. The van der Waals surface area contributed by atoms with Gasteiger partial charge in [-0.1, -0.05) is 17.9 Å². The van der Waals surface area contributed by atoms with Gasteiger partial charge in [-0.2, -0.15) is 0 Å². The zero-order valence-electron chi connectivity index (χ0n) is 6.65. The summed E-state index contributed by atoms with van der Waals surface area (Å²) in [5.41, 5.74) is -0.261. The van der Waals surface area contributed by atoms with Crippen LogP contribution in [0.15, 0.2) is 12.7 Å². The van der Waals surface area contributed by atoms with Crippen LogP contribution in [0.1, 0.15) is 20.3 Å². The number of rotatable bonds is 2. The summed E-state index contributed by atoms with van der Waals surface area (Å²) in [5.74, 6) is 5.84. The van der Waals surface area contributed by atoms with Crippen molar-refractivity contribution in [1.82, 2.24) is 0 Å². The summed E-state index contributed by atoms with van der Waals surface area (Å²) in [6, 6.07) is 0. The number of allylic oxidation sites excluding steroid dienone is 1. The molecule has 0 unspecified atom stereocenters. The molecule has 0 aromatic carbocycles. The molecule has 0 rings (SSSR count). The van der Waals surface area contributed by atoms with Crippen LogP contribution in [-0.2, 0) is 0 Å². The van der Waals surface area contributed by atoms with E-state index in [1.54, 1.807) is 6.08 Å². The van der Waals surface area contributed by atoms with Crippen LogP contribution in [0, 0.1) is 17.3 Å². The summed E-state index contributed by atoms with van der Waals surface area (Å²) >= 11 is 0. The van der Waals surface area contributed by atoms with Gasteiger partial charge >= 0.3 is 0 Å². The molecule has 1 nitrogen and oxygen atoms in total. The molecule has 0 amide bonds. The SMILES string of the molecule is C=CCC#CC(C)(C)CO. The van der Waals surface area contributed by atoms with Crippen molar-refractivity contribution in [2.45, 2.75) is 20.3 Å². The molecule has 0 aromatic heterocycles. The van der Waals surface area contributed by atoms with Crippen LogP contribution >= 0.6 is 0 Å². The molecule has 0 bridgehead atoms. The Morgan fingerprint density at radius 2 is 2.20 bits per heavy atom. The molecule has 0 radical (unpaired) electrons. The van der Waals surface area contributed by atoms with Gasteiger partial charge in [-0.05, 0) is 13.8 Å². The van der Waals surface area contributed by atoms with Gasteiger partial charge in [0.2, 0.25) is 0 Å². The molecule has 10 heavy (non-hydrogen) atoms. The standard InChI is InChI=1S/C9H14O/c1-4-5-6-7-9(2,3)8-10/h4,10H,1,5,8H2,2-3H3. The fraction of sp³-hybridized carbons (Fsp3) is 0.556. The molecule has 1 heteroatoms. The Morgan fingerprint density at radius 3 is 2.60 bits per heavy atom. The quantitative estimate of drug-likeness (QED) is 0.454. The first-order valence-corrected chi connectivity index (χ1v) is 3.34. The molecule has 0 aliphatic heterocycles. The Kier molecular flexibility index (Phi) is 3.83. The third kappa shape index (κ3) is 4.17. The highest BCUT2D eigenvalue weighted by molar-refractivity contribution is 5.10. The van der Waals surface area contributed by atoms with E-state index in [4.69, 9.17) is 5.11 Å². The van der Waals surface area contributed by atoms with Crippen LogP contribution in [0.4, 0.5) is 0 Å². The minimum atomic E-state index is -0.261. The Hall–Kier alpha value is -0.740. The van der Waals surface area contributed by atoms with Crippen LogP contribution in [-0.4, -0.2) is 11.7 Å². The first-order valence-electron chi connectivity index (χ1n) is 3.34. The van der Waals surface area contributed by atoms with Crippen molar-refractivity contribution in [2.75, 3.05) is 6.61 Å². The molecular formula is C9H14O. The Bertz CT molecular complexity index is 157. The molecule has 0 fully saturated rings. The zero-order chi connectivity index (χ0) is 8.04. The highest BCUT2D eigenvalue weighted by atomic mass is 16.3. The van der Waals surface area contributed by atoms with Crippen LogP contribution in [0.2, 0.25) is 0 Å². The minimum Gasteiger partial charge on any atom is -0.395 e. The van der Waals surface area contributed by atoms with E-state index in [-0.39, 0.29) is 12.0 Å². The molecular weight excluding hydrogens is 124 g/mol. The molecule has 0 heterocycles. The predicted octanol–water partition coefficient (Wildman–Crippen LogP) is 1.58. The zero-order valence-corrected chi connectivity index (χ0v) is 6.65. The van der Waals surface area contributed by atoms with Crippen LogP contribution in [0.5, 0.6) is 0 Å². The van der Waals surface area contributed by atoms with E-state index in [1.165, 1.54) is 0 Å². The van der Waals surface area contributed by atoms with E-state index in [0.29, 0.717) is 6.42 Å². The number of aliphatic hydroxyl groups excluding tert-OH is 1. The van der Waals surface area contributed by atoms with Crippen molar-refractivity contribution in [3.8, 4) is 11.8 Å². The van der Waals surface area contributed by atoms with Gasteiger partial charge in [-0.15, -0.1) is 6.58 Å². The fourth-order valence-corrected chi connectivity index (χ4v) is 0.402. The second-order valence-electron chi connectivity index (χ2n) is 2.84. The molecule has 56 valence electrons. The van der Waals surface area contributed by atoms with Gasteiger partial charge in [0, 0.05) is 11.8 Å². The fourth-order valence-electron chi connectivity index (χ4n) is 0.402. The molecule has 1 N–H and O–H groups in total. The normalized spacial score (nSPS) is 9.90.